The fourth-order valence-corrected chi connectivity index (χ4v) is 2.49. The van der Waals surface area contributed by atoms with Gasteiger partial charge in [-0.2, -0.15) is 0 Å². The van der Waals surface area contributed by atoms with Gasteiger partial charge in [-0.25, -0.2) is 4.98 Å². The number of hydrogen-bond donors (Lipinski definition) is 1. The number of nitrogen functional groups attached to an aromatic ring is 1. The van der Waals surface area contributed by atoms with E-state index in [2.05, 4.69) is 11.9 Å². The predicted molar refractivity (Wildman–Crippen MR) is 52.5 cm³/mol. The van der Waals surface area contributed by atoms with E-state index in [1.54, 1.807) is 11.3 Å². The first-order valence-electron chi connectivity index (χ1n) is 4.56. The molecule has 1 aromatic rings. The highest BCUT2D eigenvalue weighted by Gasteiger charge is 2.24. The predicted octanol–water partition coefficient (Wildman–Crippen LogP) is 2.56. The molecule has 0 amide bonds. The normalized spacial score (nSPS) is 17.8. The molecule has 66 valence electrons. The molecule has 0 bridgehead atoms. The van der Waals surface area contributed by atoms with Crippen molar-refractivity contribution in [3.63, 3.8) is 0 Å². The summed E-state index contributed by atoms with van der Waals surface area (Å²) in [6, 6.07) is 0. The number of anilines is 1. The van der Waals surface area contributed by atoms with Gasteiger partial charge in [-0.15, -0.1) is 11.3 Å². The number of thiazole rings is 1. The fourth-order valence-electron chi connectivity index (χ4n) is 1.64. The van der Waals surface area contributed by atoms with E-state index in [0.29, 0.717) is 0 Å². The summed E-state index contributed by atoms with van der Waals surface area (Å²) in [5.74, 6) is 0.730. The third-order valence-electron chi connectivity index (χ3n) is 2.56. The van der Waals surface area contributed by atoms with Crippen molar-refractivity contribution in [2.75, 3.05) is 5.73 Å². The Labute approximate surface area is 76.8 Å². The van der Waals surface area contributed by atoms with Gasteiger partial charge in [0.25, 0.3) is 0 Å². The molecule has 0 spiro atoms. The summed E-state index contributed by atoms with van der Waals surface area (Å²) in [6.07, 6.45) is 5.08. The molecule has 1 saturated carbocycles. The minimum Gasteiger partial charge on any atom is -0.375 e. The Morgan fingerprint density at radius 3 is 2.83 bits per heavy atom. The van der Waals surface area contributed by atoms with Crippen LogP contribution >= 0.6 is 11.3 Å². The third-order valence-corrected chi connectivity index (χ3v) is 3.60. The van der Waals surface area contributed by atoms with Gasteiger partial charge in [0.15, 0.2) is 5.13 Å². The Balaban J connectivity index is 2.27. The average molecular weight is 182 g/mol. The summed E-state index contributed by atoms with van der Waals surface area (Å²) in [5.41, 5.74) is 6.98. The van der Waals surface area contributed by atoms with Gasteiger partial charge in [0.2, 0.25) is 0 Å². The van der Waals surface area contributed by atoms with Crippen LogP contribution in [0.25, 0.3) is 0 Å². The first-order chi connectivity index (χ1) is 5.81. The highest BCUT2D eigenvalue weighted by atomic mass is 32.1. The summed E-state index contributed by atoms with van der Waals surface area (Å²) in [5, 5.41) is 0.744. The highest BCUT2D eigenvalue weighted by Crippen LogP contribution is 2.39. The Hall–Kier alpha value is -0.570. The van der Waals surface area contributed by atoms with Crippen molar-refractivity contribution in [1.82, 2.24) is 4.98 Å². The molecule has 1 fully saturated rings. The van der Waals surface area contributed by atoms with Gasteiger partial charge in [-0.1, -0.05) is 13.3 Å². The van der Waals surface area contributed by atoms with E-state index < -0.39 is 0 Å². The van der Waals surface area contributed by atoms with Crippen molar-refractivity contribution >= 4 is 16.5 Å². The zero-order valence-electron chi connectivity index (χ0n) is 7.34. The Morgan fingerprint density at radius 1 is 1.58 bits per heavy atom. The number of nitrogens with zero attached hydrogens (tertiary/aromatic N) is 1. The number of hydrogen-bond acceptors (Lipinski definition) is 3. The van der Waals surface area contributed by atoms with Crippen LogP contribution in [0.15, 0.2) is 0 Å². The first-order valence-corrected chi connectivity index (χ1v) is 5.38. The zero-order valence-corrected chi connectivity index (χ0v) is 8.16. The third kappa shape index (κ3) is 1.22. The highest BCUT2D eigenvalue weighted by molar-refractivity contribution is 7.15. The molecule has 1 heterocycles. The van der Waals surface area contributed by atoms with Gasteiger partial charge in [-0.05, 0) is 19.3 Å². The lowest BCUT2D eigenvalue weighted by atomic mass is 9.82. The van der Waals surface area contributed by atoms with Crippen molar-refractivity contribution in [2.45, 2.75) is 38.5 Å². The molecule has 2 nitrogen and oxygen atoms in total. The lowest BCUT2D eigenvalue weighted by molar-refractivity contribution is 0.411. The maximum Gasteiger partial charge on any atom is 0.180 e. The van der Waals surface area contributed by atoms with Crippen molar-refractivity contribution in [2.24, 2.45) is 0 Å². The summed E-state index contributed by atoms with van der Waals surface area (Å²) in [6.45, 7) is 2.18. The molecule has 0 radical (unpaired) electrons. The molecule has 0 aliphatic heterocycles. The maximum atomic E-state index is 5.68. The second kappa shape index (κ2) is 3.05. The molecule has 0 atom stereocenters. The smallest absolute Gasteiger partial charge is 0.180 e. The summed E-state index contributed by atoms with van der Waals surface area (Å²) in [4.78, 5) is 5.80. The van der Waals surface area contributed by atoms with E-state index in [-0.39, 0.29) is 0 Å². The van der Waals surface area contributed by atoms with E-state index in [1.165, 1.54) is 29.8 Å². The van der Waals surface area contributed by atoms with E-state index in [9.17, 15) is 0 Å². The standard InChI is InChI=1S/C9H14N2S/c1-2-7-8(6-4-3-5-6)11-9(10)12-7/h6H,2-5H2,1H3,(H2,10,11). The van der Waals surface area contributed by atoms with Gasteiger partial charge in [0.05, 0.1) is 5.69 Å². The van der Waals surface area contributed by atoms with E-state index >= 15 is 0 Å². The van der Waals surface area contributed by atoms with Crippen LogP contribution in [0.5, 0.6) is 0 Å². The van der Waals surface area contributed by atoms with Gasteiger partial charge >= 0.3 is 0 Å². The van der Waals surface area contributed by atoms with Crippen LogP contribution in [0.3, 0.4) is 0 Å². The Morgan fingerprint density at radius 2 is 2.33 bits per heavy atom. The molecular weight excluding hydrogens is 168 g/mol. The molecular formula is C9H14N2S. The number of aryl methyl sites for hydroxylation is 1. The van der Waals surface area contributed by atoms with Crippen LogP contribution in [0.1, 0.15) is 42.7 Å². The van der Waals surface area contributed by atoms with Crippen molar-refractivity contribution in [3.8, 4) is 0 Å². The van der Waals surface area contributed by atoms with Gasteiger partial charge in [0, 0.05) is 10.8 Å². The quantitative estimate of drug-likeness (QED) is 0.763. The van der Waals surface area contributed by atoms with Crippen LogP contribution in [-0.2, 0) is 6.42 Å². The lowest BCUT2D eigenvalue weighted by Gasteiger charge is -2.24. The number of rotatable bonds is 2. The van der Waals surface area contributed by atoms with Crippen molar-refractivity contribution in [3.05, 3.63) is 10.6 Å². The number of aromatic nitrogens is 1. The van der Waals surface area contributed by atoms with Crippen molar-refractivity contribution < 1.29 is 0 Å². The molecule has 12 heavy (non-hydrogen) atoms. The molecule has 0 saturated heterocycles. The molecule has 3 heteroatoms. The number of nitrogens with two attached hydrogens (primary N) is 1. The largest absolute Gasteiger partial charge is 0.375 e. The van der Waals surface area contributed by atoms with E-state index in [4.69, 9.17) is 5.73 Å². The van der Waals surface area contributed by atoms with E-state index in [0.717, 1.165) is 17.5 Å². The average Bonchev–Trinajstić information content (AvgIpc) is 2.27. The van der Waals surface area contributed by atoms with Crippen LogP contribution < -0.4 is 5.73 Å². The molecule has 1 aliphatic rings. The second-order valence-corrected chi connectivity index (χ2v) is 4.46. The topological polar surface area (TPSA) is 38.9 Å². The molecule has 2 rings (SSSR count). The lowest BCUT2D eigenvalue weighted by Crippen LogP contribution is -2.10. The molecule has 2 N–H and O–H groups in total. The fraction of sp³-hybridized carbons (Fsp3) is 0.667. The van der Waals surface area contributed by atoms with Crippen LogP contribution in [0.4, 0.5) is 5.13 Å². The maximum absolute atomic E-state index is 5.68. The van der Waals surface area contributed by atoms with Crippen molar-refractivity contribution in [1.29, 1.82) is 0 Å². The second-order valence-electron chi connectivity index (χ2n) is 3.34. The van der Waals surface area contributed by atoms with Gasteiger partial charge in [-0.3, -0.25) is 0 Å². The molecule has 0 unspecified atom stereocenters. The molecule has 0 aromatic carbocycles. The Kier molecular flexibility index (Phi) is 2.05. The Bertz CT molecular complexity index is 276. The van der Waals surface area contributed by atoms with Gasteiger partial charge < -0.3 is 5.73 Å². The first kappa shape index (κ1) is 8.05. The molecule has 1 aromatic heterocycles. The van der Waals surface area contributed by atoms with Gasteiger partial charge in [0.1, 0.15) is 0 Å². The SMILES string of the molecule is CCc1sc(N)nc1C1CCC1. The zero-order chi connectivity index (χ0) is 8.55. The minimum absolute atomic E-state index is 0.730. The summed E-state index contributed by atoms with van der Waals surface area (Å²) < 4.78 is 0. The monoisotopic (exact) mass is 182 g/mol. The van der Waals surface area contributed by atoms with E-state index in [1.807, 2.05) is 0 Å². The van der Waals surface area contributed by atoms with Crippen LogP contribution in [-0.4, -0.2) is 4.98 Å². The van der Waals surface area contributed by atoms with Crippen LogP contribution in [0.2, 0.25) is 0 Å². The molecule has 1 aliphatic carbocycles. The summed E-state index contributed by atoms with van der Waals surface area (Å²) >= 11 is 1.66. The minimum atomic E-state index is 0.730. The van der Waals surface area contributed by atoms with Crippen LogP contribution in [0, 0.1) is 0 Å². The summed E-state index contributed by atoms with van der Waals surface area (Å²) in [7, 11) is 0.